The van der Waals surface area contributed by atoms with Crippen LogP contribution in [-0.2, 0) is 0 Å². The number of nitrogens with one attached hydrogen (secondary N) is 4. The number of amides is 2. The van der Waals surface area contributed by atoms with Crippen LogP contribution in [0.15, 0.2) is 42.6 Å². The topological polar surface area (TPSA) is 107 Å². The Hall–Kier alpha value is -3.52. The Kier molecular flexibility index (Phi) is 7.50. The van der Waals surface area contributed by atoms with Crippen molar-refractivity contribution in [3.8, 4) is 22.5 Å². The third-order valence-corrected chi connectivity index (χ3v) is 4.66. The zero-order chi connectivity index (χ0) is 22.2. The molecule has 4 N–H and O–H groups in total. The molecule has 2 aromatic heterocycles. The number of allylic oxidation sites excluding steroid dienone is 1. The standard InChI is InChI=1S/C22H22ClFN6O/c1-14-12-15(5-6-17(14)24)20-21(29-18(28-20)4-2-9-25)16-7-11-26-19(13-16)30-22(31)27-10-3-8-23/h2,4-7,9,11-13,25H,3,8,10H2,1H3,(H,28,29)(H2,26,27,30,31)/b4-2-,25-9?. The zero-order valence-electron chi connectivity index (χ0n) is 16.9. The molecule has 0 atom stereocenters. The number of H-pyrrole nitrogens is 1. The first-order chi connectivity index (χ1) is 15.0. The molecular weight excluding hydrogens is 419 g/mol. The molecule has 0 aliphatic rings. The van der Waals surface area contributed by atoms with Gasteiger partial charge in [0.2, 0.25) is 0 Å². The van der Waals surface area contributed by atoms with Crippen LogP contribution >= 0.6 is 11.6 Å². The van der Waals surface area contributed by atoms with Crippen molar-refractivity contribution in [3.63, 3.8) is 0 Å². The number of carbonyl (C=O) groups is 1. The van der Waals surface area contributed by atoms with Crippen molar-refractivity contribution in [1.29, 1.82) is 5.41 Å². The van der Waals surface area contributed by atoms with Crippen molar-refractivity contribution in [2.24, 2.45) is 0 Å². The number of hydrogen-bond acceptors (Lipinski definition) is 4. The Balaban J connectivity index is 1.96. The van der Waals surface area contributed by atoms with Gasteiger partial charge in [0.15, 0.2) is 0 Å². The number of aryl methyl sites for hydroxylation is 1. The summed E-state index contributed by atoms with van der Waals surface area (Å²) >= 11 is 5.62. The third-order valence-electron chi connectivity index (χ3n) is 4.39. The Morgan fingerprint density at radius 1 is 1.29 bits per heavy atom. The first-order valence-electron chi connectivity index (χ1n) is 9.62. The first-order valence-corrected chi connectivity index (χ1v) is 10.2. The minimum atomic E-state index is -0.372. The van der Waals surface area contributed by atoms with Crippen molar-refractivity contribution in [2.75, 3.05) is 17.7 Å². The van der Waals surface area contributed by atoms with Crippen LogP contribution in [0.3, 0.4) is 0 Å². The number of pyridine rings is 1. The lowest BCUT2D eigenvalue weighted by Crippen LogP contribution is -2.30. The Labute approximate surface area is 184 Å². The van der Waals surface area contributed by atoms with Crippen LogP contribution in [0.5, 0.6) is 0 Å². The average molecular weight is 441 g/mol. The van der Waals surface area contributed by atoms with Gasteiger partial charge in [-0.25, -0.2) is 19.2 Å². The van der Waals surface area contributed by atoms with Gasteiger partial charge in [-0.05, 0) is 61.4 Å². The van der Waals surface area contributed by atoms with Crippen molar-refractivity contribution >= 4 is 35.7 Å². The van der Waals surface area contributed by atoms with Crippen molar-refractivity contribution < 1.29 is 9.18 Å². The number of aromatic nitrogens is 3. The predicted octanol–water partition coefficient (Wildman–Crippen LogP) is 5.00. The highest BCUT2D eigenvalue weighted by atomic mass is 35.5. The number of nitrogens with zero attached hydrogens (tertiary/aromatic N) is 2. The van der Waals surface area contributed by atoms with E-state index in [-0.39, 0.29) is 11.8 Å². The van der Waals surface area contributed by atoms with Gasteiger partial charge in [0, 0.05) is 36.0 Å². The summed E-state index contributed by atoms with van der Waals surface area (Å²) in [6.45, 7) is 2.16. The van der Waals surface area contributed by atoms with Gasteiger partial charge < -0.3 is 15.7 Å². The van der Waals surface area contributed by atoms with Gasteiger partial charge in [-0.2, -0.15) is 0 Å². The highest BCUT2D eigenvalue weighted by Gasteiger charge is 2.15. The summed E-state index contributed by atoms with van der Waals surface area (Å²) in [5.74, 6) is 1.09. The lowest BCUT2D eigenvalue weighted by atomic mass is 10.0. The van der Waals surface area contributed by atoms with Gasteiger partial charge in [-0.3, -0.25) is 5.32 Å². The van der Waals surface area contributed by atoms with Crippen LogP contribution in [0.25, 0.3) is 28.6 Å². The van der Waals surface area contributed by atoms with Crippen LogP contribution in [0, 0.1) is 18.2 Å². The van der Waals surface area contributed by atoms with Crippen LogP contribution in [-0.4, -0.2) is 39.6 Å². The van der Waals surface area contributed by atoms with Gasteiger partial charge in [0.05, 0.1) is 11.4 Å². The molecule has 0 aliphatic heterocycles. The second-order valence-electron chi connectivity index (χ2n) is 6.69. The van der Waals surface area contributed by atoms with Gasteiger partial charge in [-0.1, -0.05) is 0 Å². The normalized spacial score (nSPS) is 10.9. The third kappa shape index (κ3) is 5.76. The van der Waals surface area contributed by atoms with Crippen LogP contribution in [0.1, 0.15) is 17.8 Å². The van der Waals surface area contributed by atoms with E-state index in [0.29, 0.717) is 47.4 Å². The number of carbonyl (C=O) groups excluding carboxylic acids is 1. The van der Waals surface area contributed by atoms with Crippen LogP contribution in [0.4, 0.5) is 15.0 Å². The summed E-state index contributed by atoms with van der Waals surface area (Å²) in [4.78, 5) is 24.0. The molecule has 1 aromatic carbocycles. The van der Waals surface area contributed by atoms with Crippen molar-refractivity contribution in [3.05, 3.63) is 59.8 Å². The molecule has 0 aliphatic carbocycles. The number of urea groups is 1. The zero-order valence-corrected chi connectivity index (χ0v) is 17.6. The van der Waals surface area contributed by atoms with E-state index in [1.165, 1.54) is 6.07 Å². The second-order valence-corrected chi connectivity index (χ2v) is 7.07. The van der Waals surface area contributed by atoms with E-state index in [4.69, 9.17) is 17.0 Å². The fourth-order valence-corrected chi connectivity index (χ4v) is 3.04. The minimum Gasteiger partial charge on any atom is -0.338 e. The quantitative estimate of drug-likeness (QED) is 0.225. The lowest BCUT2D eigenvalue weighted by molar-refractivity contribution is 0.252. The monoisotopic (exact) mass is 440 g/mol. The summed E-state index contributed by atoms with van der Waals surface area (Å²) in [6.07, 6.45) is 6.62. The molecule has 3 rings (SSSR count). The lowest BCUT2D eigenvalue weighted by Gasteiger charge is -2.08. The van der Waals surface area contributed by atoms with Gasteiger partial charge in [0.25, 0.3) is 0 Å². The molecule has 31 heavy (non-hydrogen) atoms. The van der Waals surface area contributed by atoms with Crippen LogP contribution in [0.2, 0.25) is 0 Å². The Morgan fingerprint density at radius 3 is 2.87 bits per heavy atom. The summed E-state index contributed by atoms with van der Waals surface area (Å²) < 4.78 is 13.8. The van der Waals surface area contributed by atoms with E-state index in [0.717, 1.165) is 17.3 Å². The highest BCUT2D eigenvalue weighted by Crippen LogP contribution is 2.32. The minimum absolute atomic E-state index is 0.291. The molecule has 0 saturated heterocycles. The molecular formula is C22H22ClFN6O. The van der Waals surface area contributed by atoms with Gasteiger partial charge in [0.1, 0.15) is 17.5 Å². The maximum Gasteiger partial charge on any atom is 0.320 e. The molecule has 9 heteroatoms. The smallest absolute Gasteiger partial charge is 0.320 e. The molecule has 0 fully saturated rings. The number of anilines is 1. The largest absolute Gasteiger partial charge is 0.338 e. The van der Waals surface area contributed by atoms with Crippen molar-refractivity contribution in [2.45, 2.75) is 13.3 Å². The summed E-state index contributed by atoms with van der Waals surface area (Å²) in [5, 5.41) is 12.6. The van der Waals surface area contributed by atoms with E-state index in [1.807, 2.05) is 0 Å². The predicted molar refractivity (Wildman–Crippen MR) is 122 cm³/mol. The molecule has 0 unspecified atom stereocenters. The van der Waals surface area contributed by atoms with E-state index in [1.54, 1.807) is 49.5 Å². The highest BCUT2D eigenvalue weighted by molar-refractivity contribution is 6.17. The fourth-order valence-electron chi connectivity index (χ4n) is 2.90. The molecule has 0 saturated carbocycles. The van der Waals surface area contributed by atoms with E-state index in [2.05, 4.69) is 25.6 Å². The molecule has 3 aromatic rings. The molecule has 0 radical (unpaired) electrons. The number of benzene rings is 1. The number of imidazole rings is 1. The first kappa shape index (κ1) is 22.2. The van der Waals surface area contributed by atoms with E-state index in [9.17, 15) is 9.18 Å². The fraction of sp³-hybridized carbons (Fsp3) is 0.182. The number of aromatic amines is 1. The molecule has 0 bridgehead atoms. The van der Waals surface area contributed by atoms with E-state index >= 15 is 0 Å². The van der Waals surface area contributed by atoms with Crippen LogP contribution < -0.4 is 10.6 Å². The average Bonchev–Trinajstić information content (AvgIpc) is 3.19. The summed E-state index contributed by atoms with van der Waals surface area (Å²) in [7, 11) is 0. The van der Waals surface area contributed by atoms with E-state index < -0.39 is 0 Å². The number of halogens is 2. The molecule has 0 spiro atoms. The Bertz CT molecular complexity index is 1110. The Morgan fingerprint density at radius 2 is 2.13 bits per heavy atom. The molecule has 7 nitrogen and oxygen atoms in total. The maximum atomic E-state index is 13.8. The molecule has 160 valence electrons. The summed E-state index contributed by atoms with van der Waals surface area (Å²) in [5.41, 5.74) is 3.30. The van der Waals surface area contributed by atoms with Crippen molar-refractivity contribution in [1.82, 2.24) is 20.3 Å². The number of rotatable bonds is 8. The molecule has 2 heterocycles. The number of alkyl halides is 1. The van der Waals surface area contributed by atoms with Gasteiger partial charge in [-0.15, -0.1) is 11.6 Å². The number of hydrogen-bond donors (Lipinski definition) is 4. The SMILES string of the molecule is Cc1cc(-c2nc(/C=C\C=N)[nH]c2-c2ccnc(NC(=O)NCCCCl)c2)ccc1F. The summed E-state index contributed by atoms with van der Waals surface area (Å²) in [6, 6.07) is 7.93. The molecule has 2 amide bonds. The maximum absolute atomic E-state index is 13.8. The second kappa shape index (κ2) is 10.5. The van der Waals surface area contributed by atoms with Gasteiger partial charge >= 0.3 is 6.03 Å².